The topological polar surface area (TPSA) is 70.3 Å². The minimum absolute atomic E-state index is 0.281. The van der Waals surface area contributed by atoms with Gasteiger partial charge in [0.2, 0.25) is 5.76 Å². The molecule has 1 N–H and O–H groups in total. The quantitative estimate of drug-likeness (QED) is 0.307. The Hall–Kier alpha value is -1.50. The van der Waals surface area contributed by atoms with Crippen molar-refractivity contribution in [2.24, 2.45) is 5.92 Å². The van der Waals surface area contributed by atoms with Crippen molar-refractivity contribution in [1.82, 2.24) is 0 Å². The Morgan fingerprint density at radius 2 is 2.29 bits per heavy atom. The van der Waals surface area contributed by atoms with Gasteiger partial charge in [0.05, 0.1) is 0 Å². The number of aliphatic carboxylic acids is 1. The van der Waals surface area contributed by atoms with Crippen LogP contribution in [-0.2, 0) is 9.53 Å². The van der Waals surface area contributed by atoms with Crippen molar-refractivity contribution in [3.8, 4) is 6.26 Å². The molecule has 0 aliphatic rings. The number of rotatable bonds is 6. The van der Waals surface area contributed by atoms with Gasteiger partial charge in [-0.25, -0.2) is 4.79 Å². The number of unbranched alkanes of at least 4 members (excludes halogenated alkanes) is 1. The zero-order valence-electron chi connectivity index (χ0n) is 8.49. The van der Waals surface area contributed by atoms with Gasteiger partial charge in [0.25, 0.3) is 6.26 Å². The van der Waals surface area contributed by atoms with E-state index < -0.39 is 5.97 Å². The third-order valence-corrected chi connectivity index (χ3v) is 1.68. The first-order chi connectivity index (χ1) is 6.57. The number of nitrogens with zero attached hydrogens (tertiary/aromatic N) is 1. The van der Waals surface area contributed by atoms with E-state index in [9.17, 15) is 4.79 Å². The fourth-order valence-corrected chi connectivity index (χ4v) is 0.981. The Bertz CT molecular complexity index is 251. The predicted molar refractivity (Wildman–Crippen MR) is 51.1 cm³/mol. The van der Waals surface area contributed by atoms with Crippen LogP contribution in [0.15, 0.2) is 11.8 Å². The van der Waals surface area contributed by atoms with E-state index in [-0.39, 0.29) is 5.76 Å². The molecule has 0 aliphatic heterocycles. The first-order valence-corrected chi connectivity index (χ1v) is 4.57. The number of carboxylic acids is 1. The number of carbonyl (C=O) groups is 1. The smallest absolute Gasteiger partial charge is 0.372 e. The van der Waals surface area contributed by atoms with Gasteiger partial charge in [0.1, 0.15) is 0 Å². The van der Waals surface area contributed by atoms with E-state index in [1.54, 1.807) is 0 Å². The van der Waals surface area contributed by atoms with Gasteiger partial charge in [-0.3, -0.25) is 0 Å². The SMILES string of the molecule is CC(C)CCCC=C(OC#N)C(=O)O. The van der Waals surface area contributed by atoms with Crippen molar-refractivity contribution in [3.05, 3.63) is 11.8 Å². The van der Waals surface area contributed by atoms with Gasteiger partial charge in [-0.1, -0.05) is 20.3 Å². The Morgan fingerprint density at radius 3 is 2.71 bits per heavy atom. The van der Waals surface area contributed by atoms with E-state index in [2.05, 4.69) is 18.6 Å². The minimum Gasteiger partial charge on any atom is -0.475 e. The van der Waals surface area contributed by atoms with E-state index in [0.29, 0.717) is 12.3 Å². The lowest BCUT2D eigenvalue weighted by molar-refractivity contribution is -0.135. The molecule has 0 unspecified atom stereocenters. The molecule has 0 atom stereocenters. The highest BCUT2D eigenvalue weighted by Crippen LogP contribution is 2.08. The average molecular weight is 197 g/mol. The Kier molecular flexibility index (Phi) is 6.21. The lowest BCUT2D eigenvalue weighted by Crippen LogP contribution is -2.02. The van der Waals surface area contributed by atoms with Crippen LogP contribution >= 0.6 is 0 Å². The van der Waals surface area contributed by atoms with Crippen molar-refractivity contribution in [2.45, 2.75) is 33.1 Å². The summed E-state index contributed by atoms with van der Waals surface area (Å²) in [6.45, 7) is 4.21. The van der Waals surface area contributed by atoms with Crippen LogP contribution in [0.4, 0.5) is 0 Å². The molecule has 0 rings (SSSR count). The maximum absolute atomic E-state index is 10.5. The summed E-state index contributed by atoms with van der Waals surface area (Å²) in [5.41, 5.74) is 0. The van der Waals surface area contributed by atoms with Crippen molar-refractivity contribution in [3.63, 3.8) is 0 Å². The summed E-state index contributed by atoms with van der Waals surface area (Å²) in [6, 6.07) is 0. The summed E-state index contributed by atoms with van der Waals surface area (Å²) in [6.07, 6.45) is 5.36. The van der Waals surface area contributed by atoms with Gasteiger partial charge in [-0.2, -0.15) is 0 Å². The first-order valence-electron chi connectivity index (χ1n) is 4.57. The number of carboxylic acid groups (broad SMARTS) is 1. The van der Waals surface area contributed by atoms with Crippen molar-refractivity contribution >= 4 is 5.97 Å². The molecule has 78 valence electrons. The van der Waals surface area contributed by atoms with Crippen LogP contribution in [0.5, 0.6) is 0 Å². The summed E-state index contributed by atoms with van der Waals surface area (Å²) in [5, 5.41) is 16.7. The van der Waals surface area contributed by atoms with Crippen molar-refractivity contribution in [2.75, 3.05) is 0 Å². The van der Waals surface area contributed by atoms with E-state index in [1.165, 1.54) is 12.3 Å². The molecule has 0 saturated heterocycles. The highest BCUT2D eigenvalue weighted by atomic mass is 16.5. The molecule has 0 amide bonds. The molecule has 0 radical (unpaired) electrons. The fraction of sp³-hybridized carbons (Fsp3) is 0.600. The van der Waals surface area contributed by atoms with Gasteiger partial charge in [0, 0.05) is 0 Å². The molecule has 4 nitrogen and oxygen atoms in total. The second-order valence-corrected chi connectivity index (χ2v) is 3.39. The monoisotopic (exact) mass is 197 g/mol. The highest BCUT2D eigenvalue weighted by Gasteiger charge is 2.07. The summed E-state index contributed by atoms with van der Waals surface area (Å²) in [5.74, 6) is -0.874. The Labute approximate surface area is 83.8 Å². The van der Waals surface area contributed by atoms with Gasteiger partial charge in [-0.05, 0) is 24.8 Å². The molecule has 0 bridgehead atoms. The minimum atomic E-state index is -1.20. The zero-order valence-corrected chi connectivity index (χ0v) is 8.49. The molecule has 4 heteroatoms. The molecular weight excluding hydrogens is 182 g/mol. The van der Waals surface area contributed by atoms with Crippen LogP contribution in [0.25, 0.3) is 0 Å². The molecule has 0 heterocycles. The second kappa shape index (κ2) is 6.96. The largest absolute Gasteiger partial charge is 0.475 e. The van der Waals surface area contributed by atoms with E-state index in [0.717, 1.165) is 12.8 Å². The summed E-state index contributed by atoms with van der Waals surface area (Å²) in [4.78, 5) is 10.5. The molecule has 0 aromatic rings. The predicted octanol–water partition coefficient (Wildman–Crippen LogP) is 2.28. The van der Waals surface area contributed by atoms with Gasteiger partial charge >= 0.3 is 5.97 Å². The number of nitriles is 1. The lowest BCUT2D eigenvalue weighted by Gasteiger charge is -2.01. The fourth-order valence-electron chi connectivity index (χ4n) is 0.981. The highest BCUT2D eigenvalue weighted by molar-refractivity contribution is 5.84. The van der Waals surface area contributed by atoms with Crippen molar-refractivity contribution < 1.29 is 14.6 Å². The third kappa shape index (κ3) is 6.06. The van der Waals surface area contributed by atoms with Crippen LogP contribution in [0.2, 0.25) is 0 Å². The summed E-state index contributed by atoms with van der Waals surface area (Å²) < 4.78 is 4.28. The molecular formula is C10H15NO3. The molecule has 0 aliphatic carbocycles. The molecule has 0 aromatic carbocycles. The third-order valence-electron chi connectivity index (χ3n) is 1.68. The molecule has 0 fully saturated rings. The Morgan fingerprint density at radius 1 is 1.64 bits per heavy atom. The Balaban J connectivity index is 3.93. The van der Waals surface area contributed by atoms with E-state index in [1.807, 2.05) is 0 Å². The van der Waals surface area contributed by atoms with Crippen LogP contribution in [0.1, 0.15) is 33.1 Å². The van der Waals surface area contributed by atoms with Crippen LogP contribution in [0.3, 0.4) is 0 Å². The zero-order chi connectivity index (χ0) is 11.0. The average Bonchev–Trinajstić information content (AvgIpc) is 2.09. The van der Waals surface area contributed by atoms with Gasteiger partial charge < -0.3 is 9.84 Å². The number of allylic oxidation sites excluding steroid dienone is 1. The number of ether oxygens (including phenoxy) is 1. The standard InChI is InChI=1S/C10H15NO3/c1-8(2)5-3-4-6-9(10(12)13)14-7-11/h6,8H,3-5H2,1-2H3,(H,12,13). The van der Waals surface area contributed by atoms with Gasteiger partial charge in [0.15, 0.2) is 0 Å². The number of hydrogen-bond donors (Lipinski definition) is 1. The number of hydrogen-bond acceptors (Lipinski definition) is 3. The molecule has 0 aromatic heterocycles. The summed E-state index contributed by atoms with van der Waals surface area (Å²) in [7, 11) is 0. The van der Waals surface area contributed by atoms with Crippen molar-refractivity contribution in [1.29, 1.82) is 5.26 Å². The van der Waals surface area contributed by atoms with E-state index in [4.69, 9.17) is 10.4 Å². The molecule has 0 spiro atoms. The molecule has 0 saturated carbocycles. The van der Waals surface area contributed by atoms with E-state index >= 15 is 0 Å². The normalized spacial score (nSPS) is 11.1. The summed E-state index contributed by atoms with van der Waals surface area (Å²) >= 11 is 0. The first kappa shape index (κ1) is 12.5. The van der Waals surface area contributed by atoms with Crippen LogP contribution in [-0.4, -0.2) is 11.1 Å². The lowest BCUT2D eigenvalue weighted by atomic mass is 10.1. The van der Waals surface area contributed by atoms with Crippen LogP contribution < -0.4 is 0 Å². The van der Waals surface area contributed by atoms with Gasteiger partial charge in [-0.15, -0.1) is 5.26 Å². The molecule has 14 heavy (non-hydrogen) atoms. The maximum Gasteiger partial charge on any atom is 0.372 e. The second-order valence-electron chi connectivity index (χ2n) is 3.39. The maximum atomic E-state index is 10.5. The van der Waals surface area contributed by atoms with Crippen LogP contribution in [0, 0.1) is 17.4 Å².